The van der Waals surface area contributed by atoms with E-state index in [0.717, 1.165) is 45.6 Å². The van der Waals surface area contributed by atoms with Crippen molar-refractivity contribution in [2.45, 2.75) is 13.2 Å². The molecular weight excluding hydrogens is 627 g/mol. The summed E-state index contributed by atoms with van der Waals surface area (Å²) in [5.74, 6) is 0.350. The van der Waals surface area contributed by atoms with E-state index in [1.54, 1.807) is 34.9 Å². The smallest absolute Gasteiger partial charge is 0.407 e. The van der Waals surface area contributed by atoms with E-state index in [2.05, 4.69) is 43.4 Å². The van der Waals surface area contributed by atoms with Crippen LogP contribution in [0.1, 0.15) is 21.0 Å². The Balaban J connectivity index is 0.952. The van der Waals surface area contributed by atoms with Gasteiger partial charge in [-0.2, -0.15) is 10.2 Å². The fraction of sp³-hybridized carbons (Fsp3) is 0.156. The first-order chi connectivity index (χ1) is 21.9. The van der Waals surface area contributed by atoms with Gasteiger partial charge in [0, 0.05) is 34.1 Å². The Morgan fingerprint density at radius 3 is 2.60 bits per heavy atom. The minimum Gasteiger partial charge on any atom is -0.459 e. The molecule has 10 nitrogen and oxygen atoms in total. The highest BCUT2D eigenvalue weighted by Crippen LogP contribution is 2.39. The number of thiazole rings is 1. The van der Waals surface area contributed by atoms with Crippen molar-refractivity contribution >= 4 is 82.2 Å². The molecule has 0 saturated carbocycles. The van der Waals surface area contributed by atoms with Crippen LogP contribution in [0, 0.1) is 11.3 Å². The average molecular weight is 654 g/mol. The molecule has 2 aromatic carbocycles. The number of anilines is 2. The maximum atomic E-state index is 12.3. The maximum Gasteiger partial charge on any atom is 0.407 e. The monoisotopic (exact) mass is 653 g/mol. The number of aromatic nitrogens is 3. The third-order valence-corrected chi connectivity index (χ3v) is 10.1. The lowest BCUT2D eigenvalue weighted by Crippen LogP contribution is -2.28. The Bertz CT molecular complexity index is 1960. The van der Waals surface area contributed by atoms with Crippen molar-refractivity contribution < 1.29 is 14.3 Å². The number of nitrogens with one attached hydrogen (secondary N) is 1. The molecule has 0 aliphatic rings. The normalized spacial score (nSPS) is 11.4. The second-order valence-electron chi connectivity index (χ2n) is 9.90. The molecule has 6 aromatic rings. The van der Waals surface area contributed by atoms with Crippen LogP contribution in [0.4, 0.5) is 15.6 Å². The Kier molecular flexibility index (Phi) is 9.16. The first-order valence-corrected chi connectivity index (χ1v) is 16.3. The lowest BCUT2D eigenvalue weighted by molar-refractivity contribution is 0.148. The molecule has 0 atom stereocenters. The summed E-state index contributed by atoms with van der Waals surface area (Å²) in [6, 6.07) is 23.9. The molecule has 6 rings (SSSR count). The number of nitrogens with zero attached hydrogens (tertiary/aromatic N) is 5. The number of hydrogen-bond acceptors (Lipinski definition) is 12. The summed E-state index contributed by atoms with van der Waals surface area (Å²) in [6.45, 7) is 1.45. The van der Waals surface area contributed by atoms with Crippen molar-refractivity contribution in [2.75, 3.05) is 30.8 Å². The van der Waals surface area contributed by atoms with Gasteiger partial charge in [-0.3, -0.25) is 0 Å². The van der Waals surface area contributed by atoms with Crippen LogP contribution in [-0.4, -0.2) is 41.2 Å². The molecule has 3 N–H and O–H groups in total. The fourth-order valence-electron chi connectivity index (χ4n) is 4.31. The molecule has 0 radical (unpaired) electrons. The number of nitrogens with two attached hydrogens (primary N) is 1. The number of amides is 1. The topological polar surface area (TPSA) is 139 Å². The summed E-state index contributed by atoms with van der Waals surface area (Å²) in [6.07, 6.45) is 2.98. The van der Waals surface area contributed by atoms with Gasteiger partial charge in [0.2, 0.25) is 0 Å². The highest BCUT2D eigenvalue weighted by atomic mass is 32.1. The molecule has 0 fully saturated rings. The third kappa shape index (κ3) is 7.55. The van der Waals surface area contributed by atoms with Crippen LogP contribution in [-0.2, 0) is 17.9 Å². The van der Waals surface area contributed by atoms with E-state index < -0.39 is 6.09 Å². The van der Waals surface area contributed by atoms with Crippen LogP contribution in [0.3, 0.4) is 0 Å². The second kappa shape index (κ2) is 13.7. The van der Waals surface area contributed by atoms with E-state index in [9.17, 15) is 10.1 Å². The van der Waals surface area contributed by atoms with Gasteiger partial charge >= 0.3 is 12.1 Å². The third-order valence-electron chi connectivity index (χ3n) is 6.66. The van der Waals surface area contributed by atoms with Crippen molar-refractivity contribution in [3.8, 4) is 12.1 Å². The highest BCUT2D eigenvalue weighted by molar-refractivity contribution is 7.30. The van der Waals surface area contributed by atoms with Crippen LogP contribution in [0.2, 0.25) is 0 Å². The van der Waals surface area contributed by atoms with E-state index in [4.69, 9.17) is 15.2 Å². The van der Waals surface area contributed by atoms with Crippen molar-refractivity contribution in [1.29, 1.82) is 5.26 Å². The number of likely N-dealkylation sites (N-methyl/N-ethyl adjacent to an activating group) is 1. The number of nitrogen functional groups attached to an aromatic ring is 1. The highest BCUT2D eigenvalue weighted by Gasteiger charge is 2.13. The molecule has 0 saturated heterocycles. The number of allylic oxidation sites excluding steroid dienone is 1. The minimum absolute atomic E-state index is 0.224. The van der Waals surface area contributed by atoms with Crippen molar-refractivity contribution in [1.82, 2.24) is 20.3 Å². The molecule has 13 heteroatoms. The molecule has 4 heterocycles. The van der Waals surface area contributed by atoms with E-state index in [1.165, 1.54) is 11.3 Å². The zero-order valence-corrected chi connectivity index (χ0v) is 26.5. The lowest BCUT2D eigenvalue weighted by atomic mass is 10.1. The maximum absolute atomic E-state index is 12.3. The van der Waals surface area contributed by atoms with Crippen LogP contribution < -0.4 is 20.7 Å². The minimum atomic E-state index is -0.473. The molecule has 0 bridgehead atoms. The number of ether oxygens (including phenoxy) is 2. The molecule has 226 valence electrons. The molecule has 4 aromatic heterocycles. The lowest BCUT2D eigenvalue weighted by Gasteiger charge is -2.16. The number of carbonyl (C=O) groups is 1. The SMILES string of the molecule is CN(CCOC(=O)NCc1ccc(COc2nccc(N)n2)cc1)c1cc2sc(/C=C(\C#N)c3nc4ccccc4s3)cc2s1. The van der Waals surface area contributed by atoms with Gasteiger partial charge in [-0.15, -0.1) is 34.0 Å². The number of hydrogen-bond donors (Lipinski definition) is 2. The van der Waals surface area contributed by atoms with E-state index in [1.807, 2.05) is 61.7 Å². The fourth-order valence-corrected chi connectivity index (χ4v) is 7.57. The van der Waals surface area contributed by atoms with Crippen molar-refractivity contribution in [3.63, 3.8) is 0 Å². The zero-order chi connectivity index (χ0) is 31.2. The number of carbonyl (C=O) groups excluding carboxylic acids is 1. The quantitative estimate of drug-likeness (QED) is 0.142. The molecule has 0 spiro atoms. The van der Waals surface area contributed by atoms with Gasteiger partial charge in [0.05, 0.1) is 27.3 Å². The van der Waals surface area contributed by atoms with Crippen LogP contribution >= 0.6 is 34.0 Å². The average Bonchev–Trinajstić information content (AvgIpc) is 3.76. The number of rotatable bonds is 11. The molecular formula is C32H27N7O3S3. The first-order valence-electron chi connectivity index (χ1n) is 13.9. The first kappa shape index (κ1) is 30.0. The summed E-state index contributed by atoms with van der Waals surface area (Å²) < 4.78 is 14.3. The summed E-state index contributed by atoms with van der Waals surface area (Å²) in [7, 11) is 1.97. The van der Waals surface area contributed by atoms with E-state index in [-0.39, 0.29) is 12.6 Å². The molecule has 0 aliphatic carbocycles. The number of benzene rings is 2. The summed E-state index contributed by atoms with van der Waals surface area (Å²) in [5.41, 5.74) is 8.98. The van der Waals surface area contributed by atoms with Crippen molar-refractivity contribution in [2.24, 2.45) is 0 Å². The number of alkyl carbamates (subject to hydrolysis) is 1. The largest absolute Gasteiger partial charge is 0.459 e. The summed E-state index contributed by atoms with van der Waals surface area (Å²) in [4.78, 5) is 28.0. The summed E-state index contributed by atoms with van der Waals surface area (Å²) in [5, 5.41) is 14.4. The second-order valence-corrected chi connectivity index (χ2v) is 13.1. The Morgan fingerprint density at radius 2 is 1.82 bits per heavy atom. The molecule has 1 amide bonds. The van der Waals surface area contributed by atoms with E-state index >= 15 is 0 Å². The van der Waals surface area contributed by atoms with Crippen LogP contribution in [0.15, 0.2) is 72.9 Å². The molecule has 45 heavy (non-hydrogen) atoms. The van der Waals surface area contributed by atoms with Crippen molar-refractivity contribution in [3.05, 3.63) is 93.9 Å². The predicted molar refractivity (Wildman–Crippen MR) is 181 cm³/mol. The number of para-hydroxylation sites is 1. The zero-order valence-electron chi connectivity index (χ0n) is 24.1. The van der Waals surface area contributed by atoms with Gasteiger partial charge in [0.25, 0.3) is 0 Å². The van der Waals surface area contributed by atoms with Crippen LogP contribution in [0.5, 0.6) is 6.01 Å². The van der Waals surface area contributed by atoms with Gasteiger partial charge in [0.15, 0.2) is 0 Å². The van der Waals surface area contributed by atoms with Gasteiger partial charge in [-0.25, -0.2) is 14.8 Å². The predicted octanol–water partition coefficient (Wildman–Crippen LogP) is 6.95. The number of thiophene rings is 2. The number of nitriles is 1. The molecule has 0 aliphatic heterocycles. The Morgan fingerprint density at radius 1 is 1.02 bits per heavy atom. The Labute approximate surface area is 271 Å². The Hall–Kier alpha value is -5.03. The van der Waals surface area contributed by atoms with E-state index in [0.29, 0.717) is 31.1 Å². The molecule has 0 unspecified atom stereocenters. The van der Waals surface area contributed by atoms with Gasteiger partial charge in [0.1, 0.15) is 30.1 Å². The van der Waals surface area contributed by atoms with Gasteiger partial charge in [-0.1, -0.05) is 36.4 Å². The summed E-state index contributed by atoms with van der Waals surface area (Å²) >= 11 is 4.83. The van der Waals surface area contributed by atoms with Gasteiger partial charge in [-0.05, 0) is 47.5 Å². The standard InChI is InChI=1S/C32H27N7O3S3/c1-39(12-13-41-32(40)36-18-20-6-8-21(9-7-20)19-42-31-35-11-10-28(34)38-31)29-16-27-26(44-29)15-23(43-27)14-22(17-33)30-37-24-4-2-3-5-25(24)45-30/h2-11,14-16H,12-13,18-19H2,1H3,(H,36,40)(H2,34,35,38)/b22-14+. The number of fused-ring (bicyclic) bond motifs is 2. The van der Waals surface area contributed by atoms with Gasteiger partial charge < -0.3 is 25.4 Å². The van der Waals surface area contributed by atoms with Crippen LogP contribution in [0.25, 0.3) is 31.3 Å².